The monoisotopic (exact) mass is 543 g/mol. The van der Waals surface area contributed by atoms with Crippen LogP contribution in [0.5, 0.6) is 0 Å². The third kappa shape index (κ3) is 6.46. The maximum absolute atomic E-state index is 13.3. The molecule has 0 aromatic carbocycles. The molecule has 202 valence electrons. The first-order chi connectivity index (χ1) is 17.2. The van der Waals surface area contributed by atoms with Crippen LogP contribution in [0.1, 0.15) is 52.4 Å². The Hall–Kier alpha value is -1.56. The zero-order valence-electron chi connectivity index (χ0n) is 21.3. The van der Waals surface area contributed by atoms with Gasteiger partial charge in [-0.2, -0.15) is 4.31 Å². The first-order valence-electron chi connectivity index (χ1n) is 12.8. The molecule has 1 saturated carbocycles. The van der Waals surface area contributed by atoms with Gasteiger partial charge < -0.3 is 9.88 Å². The van der Waals surface area contributed by atoms with Crippen molar-refractivity contribution >= 4 is 34.7 Å². The zero-order chi connectivity index (χ0) is 25.8. The molecule has 2 aromatic rings. The van der Waals surface area contributed by atoms with Gasteiger partial charge >= 0.3 is 7.82 Å². The number of phosphoric ester groups is 1. The van der Waals surface area contributed by atoms with E-state index < -0.39 is 23.9 Å². The van der Waals surface area contributed by atoms with Crippen molar-refractivity contribution in [2.45, 2.75) is 64.5 Å². The van der Waals surface area contributed by atoms with Crippen LogP contribution in [-0.4, -0.2) is 78.9 Å². The van der Waals surface area contributed by atoms with E-state index in [9.17, 15) is 13.0 Å². The highest BCUT2D eigenvalue weighted by atomic mass is 32.2. The van der Waals surface area contributed by atoms with E-state index in [0.29, 0.717) is 25.4 Å². The van der Waals surface area contributed by atoms with Crippen molar-refractivity contribution in [3.05, 3.63) is 18.6 Å². The van der Waals surface area contributed by atoms with E-state index in [2.05, 4.69) is 19.9 Å². The topological polar surface area (TPSA) is 127 Å². The number of aromatic amines is 1. The van der Waals surface area contributed by atoms with E-state index in [1.54, 1.807) is 20.2 Å². The molecule has 3 heterocycles. The summed E-state index contributed by atoms with van der Waals surface area (Å²) in [7, 11) is -5.11. The van der Waals surface area contributed by atoms with Crippen LogP contribution in [-0.2, 0) is 28.2 Å². The Bertz CT molecular complexity index is 1140. The van der Waals surface area contributed by atoms with Crippen molar-refractivity contribution in [1.29, 1.82) is 0 Å². The lowest BCUT2D eigenvalue weighted by Gasteiger charge is -2.37. The van der Waals surface area contributed by atoms with Gasteiger partial charge in [0.1, 0.15) is 17.8 Å². The molecular weight excluding hydrogens is 505 g/mol. The number of hydrogen-bond acceptors (Lipinski definition) is 9. The van der Waals surface area contributed by atoms with Gasteiger partial charge in [0.2, 0.25) is 10.0 Å². The summed E-state index contributed by atoms with van der Waals surface area (Å²) in [4.78, 5) is 14.1. The Morgan fingerprint density at radius 1 is 1.14 bits per heavy atom. The lowest BCUT2D eigenvalue weighted by Crippen LogP contribution is -2.45. The summed E-state index contributed by atoms with van der Waals surface area (Å²) < 4.78 is 56.9. The maximum atomic E-state index is 13.3. The number of phosphoric acid groups is 1. The zero-order valence-corrected chi connectivity index (χ0v) is 23.0. The molecule has 4 rings (SSSR count). The van der Waals surface area contributed by atoms with Crippen LogP contribution in [0, 0.1) is 5.92 Å². The second-order valence-corrected chi connectivity index (χ2v) is 13.1. The van der Waals surface area contributed by atoms with Gasteiger partial charge in [0.15, 0.2) is 0 Å². The lowest BCUT2D eigenvalue weighted by molar-refractivity contribution is 0.0575. The first kappa shape index (κ1) is 27.5. The number of rotatable bonds is 11. The number of hydrogen-bond donors (Lipinski definition) is 1. The van der Waals surface area contributed by atoms with Crippen molar-refractivity contribution < 1.29 is 26.6 Å². The van der Waals surface area contributed by atoms with E-state index >= 15 is 0 Å². The molecule has 13 heteroatoms. The predicted octanol–water partition coefficient (Wildman–Crippen LogP) is 3.94. The molecular formula is C23H38N5O6PS. The molecule has 0 radical (unpaired) electrons. The quantitative estimate of drug-likeness (QED) is 0.419. The van der Waals surface area contributed by atoms with Gasteiger partial charge in [-0.25, -0.2) is 23.0 Å². The standard InChI is InChI=1S/C23H38N5O6PS/c1-4-32-35(29,33-5-2)34-20-7-6-14-28(15-20)36(30,31)16-18-8-10-19(11-9-18)27(3)23-21-12-13-24-22(21)25-17-26-23/h12-13,17-20H,4-11,14-16H2,1-3H3,(H,24,25,26). The lowest BCUT2D eigenvalue weighted by atomic mass is 9.86. The summed E-state index contributed by atoms with van der Waals surface area (Å²) in [6.07, 6.45) is 7.67. The fraction of sp³-hybridized carbons (Fsp3) is 0.739. The van der Waals surface area contributed by atoms with Gasteiger partial charge in [-0.05, 0) is 64.4 Å². The third-order valence-electron chi connectivity index (χ3n) is 7.06. The number of nitrogens with zero attached hydrogens (tertiary/aromatic N) is 4. The molecule has 1 aliphatic heterocycles. The average molecular weight is 544 g/mol. The minimum absolute atomic E-state index is 0.108. The SMILES string of the molecule is CCOP(=O)(OCC)OC1CCCN(S(=O)(=O)CC2CCC(N(C)c3ncnc4[nH]ccc34)CC2)C1. The maximum Gasteiger partial charge on any atom is 0.475 e. The van der Waals surface area contributed by atoms with Gasteiger partial charge in [-0.15, -0.1) is 0 Å². The number of piperidine rings is 1. The van der Waals surface area contributed by atoms with E-state index in [4.69, 9.17) is 13.6 Å². The summed E-state index contributed by atoms with van der Waals surface area (Å²) in [5.74, 6) is 1.13. The summed E-state index contributed by atoms with van der Waals surface area (Å²) in [5, 5.41) is 0.991. The van der Waals surface area contributed by atoms with Crippen molar-refractivity contribution in [1.82, 2.24) is 19.3 Å². The largest absolute Gasteiger partial charge is 0.475 e. The second kappa shape index (κ2) is 11.9. The Morgan fingerprint density at radius 3 is 2.56 bits per heavy atom. The van der Waals surface area contributed by atoms with Crippen LogP contribution in [0.4, 0.5) is 5.82 Å². The van der Waals surface area contributed by atoms with Crippen molar-refractivity contribution in [3.8, 4) is 0 Å². The molecule has 36 heavy (non-hydrogen) atoms. The van der Waals surface area contributed by atoms with Gasteiger partial charge in [0.05, 0.1) is 30.5 Å². The first-order valence-corrected chi connectivity index (χ1v) is 15.9. The molecule has 0 bridgehead atoms. The van der Waals surface area contributed by atoms with Crippen LogP contribution in [0.3, 0.4) is 0 Å². The number of anilines is 1. The highest BCUT2D eigenvalue weighted by Crippen LogP contribution is 2.51. The van der Waals surface area contributed by atoms with Crippen LogP contribution in [0.2, 0.25) is 0 Å². The van der Waals surface area contributed by atoms with E-state index in [1.165, 1.54) is 4.31 Å². The molecule has 1 aliphatic carbocycles. The number of nitrogens with one attached hydrogen (secondary N) is 1. The Kier molecular flexibility index (Phi) is 9.06. The molecule has 1 N–H and O–H groups in total. The molecule has 1 saturated heterocycles. The average Bonchev–Trinajstić information content (AvgIpc) is 3.33. The van der Waals surface area contributed by atoms with Crippen LogP contribution >= 0.6 is 7.82 Å². The van der Waals surface area contributed by atoms with Gasteiger partial charge in [0.25, 0.3) is 0 Å². The molecule has 1 atom stereocenters. The van der Waals surface area contributed by atoms with Gasteiger partial charge in [0, 0.05) is 32.4 Å². The van der Waals surface area contributed by atoms with Crippen molar-refractivity contribution in [2.75, 3.05) is 44.0 Å². The van der Waals surface area contributed by atoms with Gasteiger partial charge in [-0.3, -0.25) is 13.6 Å². The summed E-state index contributed by atoms with van der Waals surface area (Å²) in [6, 6.07) is 2.28. The minimum Gasteiger partial charge on any atom is -0.356 e. The fourth-order valence-electron chi connectivity index (χ4n) is 5.26. The molecule has 2 aromatic heterocycles. The molecule has 0 spiro atoms. The van der Waals surface area contributed by atoms with Crippen LogP contribution < -0.4 is 4.90 Å². The summed E-state index contributed by atoms with van der Waals surface area (Å²) in [6.45, 7) is 4.44. The fourth-order valence-corrected chi connectivity index (χ4v) is 8.56. The Morgan fingerprint density at radius 2 is 1.86 bits per heavy atom. The second-order valence-electron chi connectivity index (χ2n) is 9.51. The number of H-pyrrole nitrogens is 1. The minimum atomic E-state index is -3.69. The predicted molar refractivity (Wildman–Crippen MR) is 138 cm³/mol. The molecule has 1 unspecified atom stereocenters. The number of fused-ring (bicyclic) bond motifs is 1. The summed E-state index contributed by atoms with van der Waals surface area (Å²) in [5.41, 5.74) is 0.814. The third-order valence-corrected chi connectivity index (χ3v) is 10.8. The number of aromatic nitrogens is 3. The molecule has 11 nitrogen and oxygen atoms in total. The Balaban J connectivity index is 1.32. The van der Waals surface area contributed by atoms with Crippen LogP contribution in [0.25, 0.3) is 11.0 Å². The van der Waals surface area contributed by atoms with Crippen molar-refractivity contribution in [3.63, 3.8) is 0 Å². The smallest absolute Gasteiger partial charge is 0.356 e. The van der Waals surface area contributed by atoms with E-state index in [-0.39, 0.29) is 31.4 Å². The Labute approximate surface area is 213 Å². The molecule has 2 fully saturated rings. The van der Waals surface area contributed by atoms with Gasteiger partial charge in [-0.1, -0.05) is 0 Å². The highest BCUT2D eigenvalue weighted by molar-refractivity contribution is 7.89. The van der Waals surface area contributed by atoms with Crippen LogP contribution in [0.15, 0.2) is 18.6 Å². The normalized spacial score (nSPS) is 24.2. The summed E-state index contributed by atoms with van der Waals surface area (Å²) >= 11 is 0. The molecule has 0 amide bonds. The molecule has 2 aliphatic rings. The van der Waals surface area contributed by atoms with E-state index in [1.807, 2.05) is 19.3 Å². The van der Waals surface area contributed by atoms with E-state index in [0.717, 1.165) is 42.5 Å². The number of sulfonamides is 1. The van der Waals surface area contributed by atoms with Crippen molar-refractivity contribution in [2.24, 2.45) is 5.92 Å². The highest BCUT2D eigenvalue weighted by Gasteiger charge is 2.37.